The lowest BCUT2D eigenvalue weighted by atomic mass is 10.2. The summed E-state index contributed by atoms with van der Waals surface area (Å²) in [6, 6.07) is 11.1. The number of carbonyl (C=O) groups is 2. The van der Waals surface area contributed by atoms with E-state index >= 15 is 0 Å². The second kappa shape index (κ2) is 8.92. The maximum absolute atomic E-state index is 12.4. The number of para-hydroxylation sites is 1. The number of nitrogens with zero attached hydrogens (tertiary/aromatic N) is 1. The number of carbonyl (C=O) groups excluding carboxylic acids is 2. The second-order valence-corrected chi connectivity index (χ2v) is 5.79. The number of ether oxygens (including phenoxy) is 3. The summed E-state index contributed by atoms with van der Waals surface area (Å²) in [5, 5.41) is 11.7. The second-order valence-electron chi connectivity index (χ2n) is 5.38. The maximum Gasteiger partial charge on any atom is 0.342 e. The Morgan fingerprint density at radius 3 is 2.52 bits per heavy atom. The lowest BCUT2D eigenvalue weighted by Gasteiger charge is -2.16. The van der Waals surface area contributed by atoms with Crippen molar-refractivity contribution >= 4 is 29.2 Å². The normalized spacial score (nSPS) is 11.1. The van der Waals surface area contributed by atoms with Crippen LogP contribution >= 0.6 is 11.6 Å². The molecular weight excluding hydrogens is 372 g/mol. The van der Waals surface area contributed by atoms with Crippen molar-refractivity contribution in [3.05, 3.63) is 52.5 Å². The Labute approximate surface area is 161 Å². The van der Waals surface area contributed by atoms with Crippen molar-refractivity contribution in [3.8, 4) is 17.6 Å². The number of hydrogen-bond acceptors (Lipinski definition) is 6. The monoisotopic (exact) mass is 388 g/mol. The highest BCUT2D eigenvalue weighted by molar-refractivity contribution is 6.32. The third-order valence-corrected chi connectivity index (χ3v) is 3.95. The molecule has 27 heavy (non-hydrogen) atoms. The quantitative estimate of drug-likeness (QED) is 0.761. The van der Waals surface area contributed by atoms with E-state index in [1.165, 1.54) is 45.4 Å². The first-order valence-corrected chi connectivity index (χ1v) is 8.21. The summed E-state index contributed by atoms with van der Waals surface area (Å²) in [4.78, 5) is 24.7. The molecule has 1 atom stereocenters. The molecule has 1 N–H and O–H groups in total. The number of esters is 1. The lowest BCUT2D eigenvalue weighted by molar-refractivity contribution is -0.123. The van der Waals surface area contributed by atoms with Crippen molar-refractivity contribution in [2.45, 2.75) is 13.0 Å². The van der Waals surface area contributed by atoms with E-state index in [2.05, 4.69) is 5.32 Å². The van der Waals surface area contributed by atoms with Gasteiger partial charge in [0.15, 0.2) is 17.6 Å². The molecule has 0 aliphatic rings. The van der Waals surface area contributed by atoms with Crippen LogP contribution in [0.5, 0.6) is 11.5 Å². The number of amides is 1. The summed E-state index contributed by atoms with van der Waals surface area (Å²) in [5.74, 6) is -0.690. The van der Waals surface area contributed by atoms with Gasteiger partial charge in [-0.3, -0.25) is 4.79 Å². The molecule has 0 aliphatic carbocycles. The van der Waals surface area contributed by atoms with Gasteiger partial charge < -0.3 is 19.5 Å². The molecule has 2 rings (SSSR count). The Hall–Kier alpha value is -3.24. The van der Waals surface area contributed by atoms with Crippen LogP contribution in [0.2, 0.25) is 5.02 Å². The van der Waals surface area contributed by atoms with Crippen LogP contribution < -0.4 is 14.8 Å². The lowest BCUT2D eigenvalue weighted by Crippen LogP contribution is -2.30. The third-order valence-electron chi connectivity index (χ3n) is 3.63. The smallest absolute Gasteiger partial charge is 0.342 e. The van der Waals surface area contributed by atoms with Gasteiger partial charge in [0.2, 0.25) is 0 Å². The van der Waals surface area contributed by atoms with Crippen LogP contribution in [0, 0.1) is 11.3 Å². The minimum atomic E-state index is -1.08. The van der Waals surface area contributed by atoms with E-state index in [1.54, 1.807) is 12.1 Å². The Kier molecular flexibility index (Phi) is 6.63. The van der Waals surface area contributed by atoms with Gasteiger partial charge in [-0.25, -0.2) is 4.79 Å². The largest absolute Gasteiger partial charge is 0.493 e. The van der Waals surface area contributed by atoms with Gasteiger partial charge in [-0.1, -0.05) is 17.7 Å². The first kappa shape index (κ1) is 20.1. The molecule has 140 valence electrons. The molecule has 2 aromatic rings. The zero-order valence-corrected chi connectivity index (χ0v) is 15.7. The molecule has 0 aromatic heterocycles. The molecule has 2 aromatic carbocycles. The zero-order chi connectivity index (χ0) is 20.0. The zero-order valence-electron chi connectivity index (χ0n) is 14.9. The highest BCUT2D eigenvalue weighted by Gasteiger charge is 2.23. The van der Waals surface area contributed by atoms with Crippen LogP contribution in [-0.2, 0) is 9.53 Å². The first-order chi connectivity index (χ1) is 12.9. The fourth-order valence-electron chi connectivity index (χ4n) is 2.25. The number of nitrogens with one attached hydrogen (secondary N) is 1. The van der Waals surface area contributed by atoms with Gasteiger partial charge in [0.05, 0.1) is 24.8 Å². The summed E-state index contributed by atoms with van der Waals surface area (Å²) in [7, 11) is 2.85. The molecule has 1 unspecified atom stereocenters. The van der Waals surface area contributed by atoms with Gasteiger partial charge in [-0.15, -0.1) is 0 Å². The van der Waals surface area contributed by atoms with Crippen molar-refractivity contribution < 1.29 is 23.8 Å². The number of halogens is 1. The standard InChI is InChI=1S/C19H17ClN2O5/c1-11(18(23)22-13-8-7-12(10-21)15(20)9-13)27-19(24)14-5-4-6-16(25-2)17(14)26-3/h4-9,11H,1-3H3,(H,22,23). The Bertz CT molecular complexity index is 907. The van der Waals surface area contributed by atoms with Gasteiger partial charge in [0.1, 0.15) is 11.6 Å². The average molecular weight is 389 g/mol. The summed E-state index contributed by atoms with van der Waals surface area (Å²) in [6.07, 6.45) is -1.08. The highest BCUT2D eigenvalue weighted by Crippen LogP contribution is 2.31. The topological polar surface area (TPSA) is 97.6 Å². The summed E-state index contributed by atoms with van der Waals surface area (Å²) >= 11 is 5.93. The maximum atomic E-state index is 12.4. The Balaban J connectivity index is 2.09. The number of rotatable bonds is 6. The molecule has 0 fully saturated rings. The van der Waals surface area contributed by atoms with Crippen LogP contribution in [0.15, 0.2) is 36.4 Å². The molecule has 8 heteroatoms. The summed E-state index contributed by atoms with van der Waals surface area (Å²) in [6.45, 7) is 1.44. The summed E-state index contributed by atoms with van der Waals surface area (Å²) < 4.78 is 15.6. The number of hydrogen-bond donors (Lipinski definition) is 1. The van der Waals surface area contributed by atoms with Crippen molar-refractivity contribution in [1.82, 2.24) is 0 Å². The number of benzene rings is 2. The van der Waals surface area contributed by atoms with Crippen LogP contribution in [-0.4, -0.2) is 32.2 Å². The van der Waals surface area contributed by atoms with Crippen molar-refractivity contribution in [1.29, 1.82) is 5.26 Å². The van der Waals surface area contributed by atoms with E-state index in [9.17, 15) is 9.59 Å². The molecule has 7 nitrogen and oxygen atoms in total. The van der Waals surface area contributed by atoms with Crippen LogP contribution in [0.3, 0.4) is 0 Å². The first-order valence-electron chi connectivity index (χ1n) is 7.83. The van der Waals surface area contributed by atoms with E-state index in [0.29, 0.717) is 17.0 Å². The molecule has 0 heterocycles. The minimum absolute atomic E-state index is 0.137. The van der Waals surface area contributed by atoms with E-state index < -0.39 is 18.0 Å². The summed E-state index contributed by atoms with van der Waals surface area (Å²) in [5.41, 5.74) is 0.808. The Morgan fingerprint density at radius 2 is 1.93 bits per heavy atom. The van der Waals surface area contributed by atoms with Crippen molar-refractivity contribution in [2.24, 2.45) is 0 Å². The number of nitriles is 1. The van der Waals surface area contributed by atoms with Crippen LogP contribution in [0.4, 0.5) is 5.69 Å². The van der Waals surface area contributed by atoms with Gasteiger partial charge >= 0.3 is 5.97 Å². The van der Waals surface area contributed by atoms with E-state index in [1.807, 2.05) is 6.07 Å². The molecule has 1 amide bonds. The molecule has 0 bridgehead atoms. The molecular formula is C19H17ClN2O5. The molecule has 0 radical (unpaired) electrons. The molecule has 0 spiro atoms. The van der Waals surface area contributed by atoms with Crippen molar-refractivity contribution in [2.75, 3.05) is 19.5 Å². The highest BCUT2D eigenvalue weighted by atomic mass is 35.5. The molecule has 0 saturated heterocycles. The van der Waals surface area contributed by atoms with Crippen molar-refractivity contribution in [3.63, 3.8) is 0 Å². The Morgan fingerprint density at radius 1 is 1.19 bits per heavy atom. The SMILES string of the molecule is COc1cccc(C(=O)OC(C)C(=O)Nc2ccc(C#N)c(Cl)c2)c1OC. The van der Waals surface area contributed by atoms with E-state index in [0.717, 1.165) is 0 Å². The average Bonchev–Trinajstić information content (AvgIpc) is 2.67. The van der Waals surface area contributed by atoms with Gasteiger partial charge in [-0.2, -0.15) is 5.26 Å². The minimum Gasteiger partial charge on any atom is -0.493 e. The van der Waals surface area contributed by atoms with E-state index in [4.69, 9.17) is 31.1 Å². The van der Waals surface area contributed by atoms with Gasteiger partial charge in [0, 0.05) is 5.69 Å². The van der Waals surface area contributed by atoms with Crippen LogP contribution in [0.25, 0.3) is 0 Å². The number of methoxy groups -OCH3 is 2. The molecule has 0 aliphatic heterocycles. The van der Waals surface area contributed by atoms with Crippen LogP contribution in [0.1, 0.15) is 22.8 Å². The predicted molar refractivity (Wildman–Crippen MR) is 99.2 cm³/mol. The van der Waals surface area contributed by atoms with Gasteiger partial charge in [0.25, 0.3) is 5.91 Å². The third kappa shape index (κ3) is 4.68. The van der Waals surface area contributed by atoms with Gasteiger partial charge in [-0.05, 0) is 37.3 Å². The van der Waals surface area contributed by atoms with E-state index in [-0.39, 0.29) is 16.3 Å². The fraction of sp³-hybridized carbons (Fsp3) is 0.211. The predicted octanol–water partition coefficient (Wildman–Crippen LogP) is 3.41. The molecule has 0 saturated carbocycles. The fourth-order valence-corrected chi connectivity index (χ4v) is 2.48. The number of anilines is 1.